The maximum Gasteiger partial charge on any atom is 0.191 e. The van der Waals surface area contributed by atoms with Crippen molar-refractivity contribution in [3.63, 3.8) is 0 Å². The van der Waals surface area contributed by atoms with E-state index in [1.54, 1.807) is 0 Å². The fourth-order valence-electron chi connectivity index (χ4n) is 3.27. The van der Waals surface area contributed by atoms with Gasteiger partial charge in [0.1, 0.15) is 0 Å². The van der Waals surface area contributed by atoms with Gasteiger partial charge < -0.3 is 20.1 Å². The Labute approximate surface area is 170 Å². The van der Waals surface area contributed by atoms with E-state index in [4.69, 9.17) is 4.99 Å². The summed E-state index contributed by atoms with van der Waals surface area (Å²) in [6.07, 6.45) is 10.7. The Kier molecular flexibility index (Phi) is 12.0. The molecule has 144 valence electrons. The summed E-state index contributed by atoms with van der Waals surface area (Å²) < 4.78 is 2.18. The van der Waals surface area contributed by atoms with Gasteiger partial charge in [-0.25, -0.2) is 0 Å². The number of hydrogen-bond acceptors (Lipinski definition) is 2. The van der Waals surface area contributed by atoms with Crippen LogP contribution in [0.2, 0.25) is 0 Å². The van der Waals surface area contributed by atoms with Crippen LogP contribution in [0.25, 0.3) is 0 Å². The van der Waals surface area contributed by atoms with Crippen LogP contribution in [0.3, 0.4) is 0 Å². The average Bonchev–Trinajstić information content (AvgIpc) is 3.09. The molecule has 2 N–H and O–H groups in total. The van der Waals surface area contributed by atoms with Gasteiger partial charge in [-0.1, -0.05) is 6.42 Å². The molecule has 0 aliphatic carbocycles. The highest BCUT2D eigenvalue weighted by molar-refractivity contribution is 14.0. The topological polar surface area (TPSA) is 44.6 Å². The van der Waals surface area contributed by atoms with E-state index in [0.717, 1.165) is 44.6 Å². The Hall–Kier alpha value is -0.760. The fraction of sp³-hybridized carbons (Fsp3) is 0.737. The highest BCUT2D eigenvalue weighted by atomic mass is 127. The lowest BCUT2D eigenvalue weighted by Gasteiger charge is -2.33. The SMILES string of the molecule is CCNC(=NCCCCN1CCCCC1C)NCCn1cccc1.I. The van der Waals surface area contributed by atoms with Crippen molar-refractivity contribution >= 4 is 29.9 Å². The van der Waals surface area contributed by atoms with Crippen molar-refractivity contribution in [1.82, 2.24) is 20.1 Å². The summed E-state index contributed by atoms with van der Waals surface area (Å²) in [6.45, 7) is 10.7. The predicted molar refractivity (Wildman–Crippen MR) is 118 cm³/mol. The first kappa shape index (κ1) is 22.3. The zero-order valence-corrected chi connectivity index (χ0v) is 18.2. The Morgan fingerprint density at radius 2 is 1.92 bits per heavy atom. The lowest BCUT2D eigenvalue weighted by Crippen LogP contribution is -2.39. The molecule has 2 heterocycles. The van der Waals surface area contributed by atoms with Gasteiger partial charge in [0.15, 0.2) is 5.96 Å². The number of hydrogen-bond donors (Lipinski definition) is 2. The van der Waals surface area contributed by atoms with Gasteiger partial charge in [-0.15, -0.1) is 24.0 Å². The lowest BCUT2D eigenvalue weighted by molar-refractivity contribution is 0.158. The molecule has 1 aliphatic heterocycles. The first-order valence-electron chi connectivity index (χ1n) is 9.66. The summed E-state index contributed by atoms with van der Waals surface area (Å²) in [4.78, 5) is 7.35. The molecule has 0 bridgehead atoms. The second kappa shape index (κ2) is 13.4. The van der Waals surface area contributed by atoms with E-state index in [9.17, 15) is 0 Å². The van der Waals surface area contributed by atoms with Crippen molar-refractivity contribution in [2.24, 2.45) is 4.99 Å². The van der Waals surface area contributed by atoms with Gasteiger partial charge in [0.25, 0.3) is 0 Å². The Morgan fingerprint density at radius 1 is 1.12 bits per heavy atom. The molecule has 1 aromatic rings. The van der Waals surface area contributed by atoms with E-state index in [0.29, 0.717) is 0 Å². The van der Waals surface area contributed by atoms with Gasteiger partial charge in [0.05, 0.1) is 0 Å². The van der Waals surface area contributed by atoms with E-state index in [1.807, 2.05) is 0 Å². The molecule has 0 radical (unpaired) electrons. The second-order valence-corrected chi connectivity index (χ2v) is 6.70. The minimum Gasteiger partial charge on any atom is -0.357 e. The largest absolute Gasteiger partial charge is 0.357 e. The molecule has 0 saturated carbocycles. The molecule has 0 spiro atoms. The van der Waals surface area contributed by atoms with E-state index >= 15 is 0 Å². The number of halogens is 1. The number of unbranched alkanes of at least 4 members (excludes halogenated alkanes) is 1. The molecule has 6 heteroatoms. The number of guanidine groups is 1. The zero-order valence-electron chi connectivity index (χ0n) is 15.9. The smallest absolute Gasteiger partial charge is 0.191 e. The fourth-order valence-corrected chi connectivity index (χ4v) is 3.27. The number of piperidine rings is 1. The lowest BCUT2D eigenvalue weighted by atomic mass is 10.0. The number of rotatable bonds is 9. The number of nitrogens with one attached hydrogen (secondary N) is 2. The van der Waals surface area contributed by atoms with Gasteiger partial charge in [-0.05, 0) is 64.8 Å². The summed E-state index contributed by atoms with van der Waals surface area (Å²) >= 11 is 0. The van der Waals surface area contributed by atoms with Crippen LogP contribution in [0.4, 0.5) is 0 Å². The van der Waals surface area contributed by atoms with E-state index in [-0.39, 0.29) is 24.0 Å². The summed E-state index contributed by atoms with van der Waals surface area (Å²) in [5.41, 5.74) is 0. The van der Waals surface area contributed by atoms with Crippen LogP contribution in [-0.4, -0.2) is 54.2 Å². The van der Waals surface area contributed by atoms with E-state index in [1.165, 1.54) is 38.8 Å². The number of aromatic nitrogens is 1. The van der Waals surface area contributed by atoms with Crippen LogP contribution in [-0.2, 0) is 6.54 Å². The molecule has 5 nitrogen and oxygen atoms in total. The van der Waals surface area contributed by atoms with Crippen LogP contribution in [0.5, 0.6) is 0 Å². The van der Waals surface area contributed by atoms with Crippen LogP contribution in [0.15, 0.2) is 29.5 Å². The van der Waals surface area contributed by atoms with Crippen LogP contribution >= 0.6 is 24.0 Å². The van der Waals surface area contributed by atoms with Crippen molar-refractivity contribution in [3.05, 3.63) is 24.5 Å². The zero-order chi connectivity index (χ0) is 17.0. The van der Waals surface area contributed by atoms with Crippen molar-refractivity contribution in [3.8, 4) is 0 Å². The van der Waals surface area contributed by atoms with Crippen molar-refractivity contribution in [2.45, 2.75) is 58.5 Å². The van der Waals surface area contributed by atoms with Gasteiger partial charge in [0.2, 0.25) is 0 Å². The maximum atomic E-state index is 4.70. The van der Waals surface area contributed by atoms with Crippen LogP contribution in [0.1, 0.15) is 46.0 Å². The maximum absolute atomic E-state index is 4.70. The minimum atomic E-state index is 0. The molecular weight excluding hydrogens is 425 g/mol. The predicted octanol–water partition coefficient (Wildman–Crippen LogP) is 3.32. The third kappa shape index (κ3) is 8.94. The molecule has 25 heavy (non-hydrogen) atoms. The third-order valence-electron chi connectivity index (χ3n) is 4.74. The quantitative estimate of drug-likeness (QED) is 0.257. The Balaban J connectivity index is 0.00000312. The summed E-state index contributed by atoms with van der Waals surface area (Å²) in [5, 5.41) is 6.74. The molecule has 1 aromatic heterocycles. The Bertz CT molecular complexity index is 460. The van der Waals surface area contributed by atoms with Crippen LogP contribution in [0, 0.1) is 0 Å². The highest BCUT2D eigenvalue weighted by Gasteiger charge is 2.16. The Morgan fingerprint density at radius 3 is 2.64 bits per heavy atom. The third-order valence-corrected chi connectivity index (χ3v) is 4.74. The standard InChI is InChI=1S/C19H35N5.HI/c1-3-20-19(22-12-17-23-13-8-9-14-23)21-11-5-7-16-24-15-6-4-10-18(24)2;/h8-9,13-14,18H,3-7,10-12,15-17H2,1-2H3,(H2,20,21,22);1H. The molecule has 0 aromatic carbocycles. The minimum absolute atomic E-state index is 0. The number of aliphatic imine (C=N–C) groups is 1. The number of nitrogens with zero attached hydrogens (tertiary/aromatic N) is 3. The molecule has 1 fully saturated rings. The molecule has 1 aliphatic rings. The summed E-state index contributed by atoms with van der Waals surface area (Å²) in [5.74, 6) is 0.941. The number of likely N-dealkylation sites (tertiary alicyclic amines) is 1. The van der Waals surface area contributed by atoms with Gasteiger partial charge in [-0.3, -0.25) is 4.99 Å². The van der Waals surface area contributed by atoms with Crippen molar-refractivity contribution < 1.29 is 0 Å². The normalized spacial score (nSPS) is 18.6. The van der Waals surface area contributed by atoms with E-state index < -0.39 is 0 Å². The molecule has 1 saturated heterocycles. The first-order chi connectivity index (χ1) is 11.8. The first-order valence-corrected chi connectivity index (χ1v) is 9.66. The summed E-state index contributed by atoms with van der Waals surface area (Å²) in [7, 11) is 0. The molecule has 0 amide bonds. The molecule has 2 rings (SSSR count). The van der Waals surface area contributed by atoms with Crippen molar-refractivity contribution in [2.75, 3.05) is 32.7 Å². The second-order valence-electron chi connectivity index (χ2n) is 6.70. The summed E-state index contributed by atoms with van der Waals surface area (Å²) in [6, 6.07) is 4.89. The van der Waals surface area contributed by atoms with Crippen molar-refractivity contribution in [1.29, 1.82) is 0 Å². The monoisotopic (exact) mass is 461 g/mol. The van der Waals surface area contributed by atoms with E-state index in [2.05, 4.69) is 58.5 Å². The van der Waals surface area contributed by atoms with Crippen LogP contribution < -0.4 is 10.6 Å². The average molecular weight is 461 g/mol. The molecule has 1 atom stereocenters. The highest BCUT2D eigenvalue weighted by Crippen LogP contribution is 2.16. The van der Waals surface area contributed by atoms with Gasteiger partial charge >= 0.3 is 0 Å². The molecular formula is C19H36IN5. The molecule has 1 unspecified atom stereocenters. The van der Waals surface area contributed by atoms with Gasteiger partial charge in [-0.2, -0.15) is 0 Å². The van der Waals surface area contributed by atoms with Gasteiger partial charge in [0, 0.05) is 44.6 Å².